The van der Waals surface area contributed by atoms with Crippen LogP contribution < -0.4 is 18.9 Å². The van der Waals surface area contributed by atoms with E-state index in [9.17, 15) is 20.1 Å². The number of thiophene rings is 1. The van der Waals surface area contributed by atoms with Gasteiger partial charge in [-0.1, -0.05) is 6.07 Å². The molecule has 1 aromatic heterocycles. The third-order valence-corrected chi connectivity index (χ3v) is 10.3. The van der Waals surface area contributed by atoms with Gasteiger partial charge < -0.3 is 58.0 Å². The Morgan fingerprint density at radius 1 is 0.913 bits per heavy atom. The molecule has 13 nitrogen and oxygen atoms in total. The number of rotatable bonds is 6. The second-order valence-corrected chi connectivity index (χ2v) is 12.7. The van der Waals surface area contributed by atoms with Gasteiger partial charge in [0.1, 0.15) is 24.4 Å². The second kappa shape index (κ2) is 11.6. The topological polar surface area (TPSA) is 161 Å². The molecule has 8 rings (SSSR count). The number of benzene rings is 2. The molecular weight excluding hydrogens is 624 g/mol. The van der Waals surface area contributed by atoms with Crippen molar-refractivity contribution < 1.29 is 62.7 Å². The average molecular weight is 657 g/mol. The van der Waals surface area contributed by atoms with Crippen LogP contribution in [0.1, 0.15) is 39.9 Å². The van der Waals surface area contributed by atoms with E-state index >= 15 is 0 Å². The Hall–Kier alpha value is -3.63. The minimum absolute atomic E-state index is 0.0242. The Bertz CT molecular complexity index is 1600. The van der Waals surface area contributed by atoms with Crippen molar-refractivity contribution >= 4 is 17.3 Å². The minimum atomic E-state index is -1.47. The molecule has 46 heavy (non-hydrogen) atoms. The average Bonchev–Trinajstić information content (AvgIpc) is 3.85. The van der Waals surface area contributed by atoms with Crippen molar-refractivity contribution in [2.45, 2.75) is 49.0 Å². The van der Waals surface area contributed by atoms with E-state index in [1.54, 1.807) is 18.2 Å². The highest BCUT2D eigenvalue weighted by molar-refractivity contribution is 7.10. The number of aliphatic hydroxyl groups excluding tert-OH is 2. The highest BCUT2D eigenvalue weighted by Crippen LogP contribution is 2.57. The highest BCUT2D eigenvalue weighted by atomic mass is 32.1. The van der Waals surface area contributed by atoms with Gasteiger partial charge in [0.2, 0.25) is 12.5 Å². The summed E-state index contributed by atoms with van der Waals surface area (Å²) in [4.78, 5) is 14.3. The van der Waals surface area contributed by atoms with Gasteiger partial charge in [0.15, 0.2) is 35.6 Å². The molecule has 4 aliphatic heterocycles. The van der Waals surface area contributed by atoms with Crippen molar-refractivity contribution in [3.05, 3.63) is 63.3 Å². The summed E-state index contributed by atoms with van der Waals surface area (Å²) in [6, 6.07) is 10.7. The lowest BCUT2D eigenvalue weighted by Gasteiger charge is -2.48. The molecule has 0 saturated carbocycles. The van der Waals surface area contributed by atoms with Crippen LogP contribution in [0, 0.1) is 11.8 Å². The number of esters is 1. The number of aliphatic hydroxyl groups is 2. The first kappa shape index (κ1) is 29.8. The lowest BCUT2D eigenvalue weighted by atomic mass is 9.66. The minimum Gasteiger partial charge on any atom is -0.502 e. The van der Waals surface area contributed by atoms with Crippen LogP contribution in [0.2, 0.25) is 0 Å². The maximum absolute atomic E-state index is 13.5. The van der Waals surface area contributed by atoms with Crippen LogP contribution in [0.5, 0.6) is 28.7 Å². The largest absolute Gasteiger partial charge is 0.502 e. The van der Waals surface area contributed by atoms with Crippen molar-refractivity contribution in [1.29, 1.82) is 0 Å². The molecule has 5 aliphatic rings. The number of carbonyl (C=O) groups excluding carboxylic acids is 1. The van der Waals surface area contributed by atoms with Gasteiger partial charge >= 0.3 is 5.97 Å². The number of hydrogen-bond acceptors (Lipinski definition) is 14. The second-order valence-electron chi connectivity index (χ2n) is 11.8. The Morgan fingerprint density at radius 2 is 1.65 bits per heavy atom. The Labute approximate surface area is 267 Å². The molecule has 3 fully saturated rings. The van der Waals surface area contributed by atoms with Crippen LogP contribution in [0.25, 0.3) is 0 Å². The third kappa shape index (κ3) is 4.70. The summed E-state index contributed by atoms with van der Waals surface area (Å²) in [6.07, 6.45) is -7.16. The van der Waals surface area contributed by atoms with Gasteiger partial charge in [-0.15, -0.1) is 11.3 Å². The van der Waals surface area contributed by atoms with Gasteiger partial charge in [-0.05, 0) is 52.4 Å². The smallest absolute Gasteiger partial charge is 0.310 e. The zero-order chi connectivity index (χ0) is 31.7. The third-order valence-electron chi connectivity index (χ3n) is 9.37. The normalized spacial score (nSPS) is 34.3. The van der Waals surface area contributed by atoms with E-state index in [-0.39, 0.29) is 37.3 Å². The quantitative estimate of drug-likeness (QED) is 0.333. The molecule has 14 heteroatoms. The fourth-order valence-electron chi connectivity index (χ4n) is 7.18. The highest BCUT2D eigenvalue weighted by Gasteiger charge is 2.56. The number of hydrogen-bond donors (Lipinski definition) is 3. The van der Waals surface area contributed by atoms with Crippen LogP contribution in [-0.4, -0.2) is 86.2 Å². The summed E-state index contributed by atoms with van der Waals surface area (Å²) in [6.45, 7) is 0.171. The van der Waals surface area contributed by atoms with Crippen LogP contribution in [0.3, 0.4) is 0 Å². The first-order chi connectivity index (χ1) is 22.4. The number of carbonyl (C=O) groups is 1. The van der Waals surface area contributed by atoms with E-state index in [0.717, 1.165) is 4.88 Å². The molecule has 3 aromatic rings. The van der Waals surface area contributed by atoms with Gasteiger partial charge in [0.05, 0.1) is 44.3 Å². The first-order valence-electron chi connectivity index (χ1n) is 14.9. The van der Waals surface area contributed by atoms with Crippen molar-refractivity contribution in [3.8, 4) is 28.7 Å². The van der Waals surface area contributed by atoms with E-state index < -0.39 is 66.8 Å². The molecule has 244 valence electrons. The summed E-state index contributed by atoms with van der Waals surface area (Å²) in [7, 11) is 2.86. The lowest BCUT2D eigenvalue weighted by molar-refractivity contribution is -0.368. The summed E-state index contributed by atoms with van der Waals surface area (Å²) in [5.74, 6) is -1.08. The number of methoxy groups -OCH3 is 2. The van der Waals surface area contributed by atoms with Gasteiger partial charge in [-0.3, -0.25) is 4.79 Å². The molecule has 0 bridgehead atoms. The summed E-state index contributed by atoms with van der Waals surface area (Å²) < 4.78 is 52.6. The van der Waals surface area contributed by atoms with Gasteiger partial charge in [0, 0.05) is 11.8 Å². The van der Waals surface area contributed by atoms with Crippen molar-refractivity contribution in [2.24, 2.45) is 11.8 Å². The fourth-order valence-corrected chi connectivity index (χ4v) is 7.89. The summed E-state index contributed by atoms with van der Waals surface area (Å²) in [5, 5.41) is 35.0. The van der Waals surface area contributed by atoms with Crippen LogP contribution >= 0.6 is 11.3 Å². The van der Waals surface area contributed by atoms with E-state index in [2.05, 4.69) is 0 Å². The standard InChI is InChI=1S/C32H32O13S/c1-37-19-6-13(7-20(38-2)25(19)33)23-14-8-17-18(42-12-41-17)9-15(14)28(16-10-39-30(36)24(16)23)44-32-27(35)26(34)29-21(43-32)11-40-31(45-29)22-4-3-5-46-22/h3-9,16,21,23-24,26-29,31-35H,10-12H2,1-2H3/t16-,21?,23?,24-,26?,27?,28+,29?,31?,32?/m0/s1. The molecular formula is C32H32O13S. The van der Waals surface area contributed by atoms with E-state index in [1.165, 1.54) is 25.6 Å². The molecule has 3 saturated heterocycles. The number of aromatic hydroxyl groups is 1. The Balaban J connectivity index is 1.16. The van der Waals surface area contributed by atoms with Crippen molar-refractivity contribution in [2.75, 3.05) is 34.2 Å². The first-order valence-corrected chi connectivity index (χ1v) is 15.8. The Kier molecular flexibility index (Phi) is 7.48. The maximum atomic E-state index is 13.5. The number of fused-ring (bicyclic) bond motifs is 4. The number of phenolic OH excluding ortho intramolecular Hbond substituents is 1. The van der Waals surface area contributed by atoms with Crippen molar-refractivity contribution in [1.82, 2.24) is 0 Å². The molecule has 10 atom stereocenters. The molecule has 3 N–H and O–H groups in total. The predicted octanol–water partition coefficient (Wildman–Crippen LogP) is 2.75. The number of phenols is 1. The molecule has 0 radical (unpaired) electrons. The molecule has 1 aliphatic carbocycles. The van der Waals surface area contributed by atoms with Crippen molar-refractivity contribution in [3.63, 3.8) is 0 Å². The van der Waals surface area contributed by atoms with Crippen LogP contribution in [0.15, 0.2) is 41.8 Å². The van der Waals surface area contributed by atoms with Crippen LogP contribution in [0.4, 0.5) is 0 Å². The maximum Gasteiger partial charge on any atom is 0.310 e. The summed E-state index contributed by atoms with van der Waals surface area (Å²) >= 11 is 1.46. The van der Waals surface area contributed by atoms with E-state index in [4.69, 9.17) is 42.6 Å². The number of cyclic esters (lactones) is 1. The molecule has 5 heterocycles. The number of ether oxygens (including phenoxy) is 9. The van der Waals surface area contributed by atoms with Gasteiger partial charge in [-0.2, -0.15) is 0 Å². The van der Waals surface area contributed by atoms with Crippen LogP contribution in [-0.2, 0) is 28.5 Å². The van der Waals surface area contributed by atoms with Gasteiger partial charge in [0.25, 0.3) is 0 Å². The van der Waals surface area contributed by atoms with E-state index in [0.29, 0.717) is 28.2 Å². The lowest BCUT2D eigenvalue weighted by Crippen LogP contribution is -2.62. The molecule has 0 spiro atoms. The zero-order valence-electron chi connectivity index (χ0n) is 24.8. The fraction of sp³-hybridized carbons (Fsp3) is 0.469. The summed E-state index contributed by atoms with van der Waals surface area (Å²) in [5.41, 5.74) is 2.00. The molecule has 2 aromatic carbocycles. The SMILES string of the molecule is COc1cc(C2c3cc4c(cc3[C@@H](OC3OC5COC(c6cccs6)OC5C(O)C3O)[C@H]3COC(=O)[C@H]23)OCO4)cc(OC)c1O. The van der Waals surface area contributed by atoms with Gasteiger partial charge in [-0.25, -0.2) is 0 Å². The predicted molar refractivity (Wildman–Crippen MR) is 156 cm³/mol. The monoisotopic (exact) mass is 656 g/mol. The van der Waals surface area contributed by atoms with E-state index in [1.807, 2.05) is 23.6 Å². The Morgan fingerprint density at radius 3 is 2.35 bits per heavy atom. The molecule has 0 amide bonds. The molecule has 7 unspecified atom stereocenters. The zero-order valence-corrected chi connectivity index (χ0v) is 25.6.